The molecular formula is C12H16N4O4. The molecular weight excluding hydrogens is 264 g/mol. The summed E-state index contributed by atoms with van der Waals surface area (Å²) in [7, 11) is 1.40. The molecule has 0 fully saturated rings. The molecule has 8 nitrogen and oxygen atoms in total. The van der Waals surface area contributed by atoms with E-state index in [0.717, 1.165) is 0 Å². The van der Waals surface area contributed by atoms with Crippen LogP contribution in [0.1, 0.15) is 12.5 Å². The van der Waals surface area contributed by atoms with Crippen molar-refractivity contribution >= 4 is 17.6 Å². The minimum Gasteiger partial charge on any atom is -0.341 e. The summed E-state index contributed by atoms with van der Waals surface area (Å²) in [4.78, 5) is 32.9. The van der Waals surface area contributed by atoms with Crippen LogP contribution in [-0.2, 0) is 11.3 Å². The number of hydrogen-bond acceptors (Lipinski definition) is 5. The minimum absolute atomic E-state index is 0.0149. The fourth-order valence-corrected chi connectivity index (χ4v) is 1.48. The second-order valence-corrected chi connectivity index (χ2v) is 4.06. The first kappa shape index (κ1) is 15.6. The number of nitrogens with one attached hydrogen (secondary N) is 3. The van der Waals surface area contributed by atoms with Crippen LogP contribution in [0.15, 0.2) is 24.3 Å². The molecule has 1 aromatic carbocycles. The monoisotopic (exact) mass is 280 g/mol. The Morgan fingerprint density at radius 2 is 2.00 bits per heavy atom. The quantitative estimate of drug-likeness (QED) is 0.537. The van der Waals surface area contributed by atoms with Crippen molar-refractivity contribution in [2.75, 3.05) is 7.05 Å². The Balaban J connectivity index is 2.61. The number of nitro groups is 1. The lowest BCUT2D eigenvalue weighted by molar-refractivity contribution is -0.385. The fourth-order valence-electron chi connectivity index (χ4n) is 1.48. The maximum absolute atomic E-state index is 11.6. The molecule has 0 radical (unpaired) electrons. The normalized spacial score (nSPS) is 11.5. The van der Waals surface area contributed by atoms with Crippen LogP contribution in [0.4, 0.5) is 10.5 Å². The molecule has 8 heteroatoms. The van der Waals surface area contributed by atoms with Gasteiger partial charge in [0.05, 0.1) is 11.0 Å². The molecule has 0 aromatic heterocycles. The molecule has 1 atom stereocenters. The highest BCUT2D eigenvalue weighted by molar-refractivity contribution is 5.96. The van der Waals surface area contributed by atoms with Gasteiger partial charge in [0.2, 0.25) is 5.91 Å². The number of nitrogens with zero attached hydrogens (tertiary/aromatic N) is 1. The van der Waals surface area contributed by atoms with Gasteiger partial charge in [0.15, 0.2) is 0 Å². The molecule has 0 saturated heterocycles. The van der Waals surface area contributed by atoms with E-state index in [0.29, 0.717) is 5.56 Å². The van der Waals surface area contributed by atoms with Gasteiger partial charge in [-0.25, -0.2) is 4.79 Å². The van der Waals surface area contributed by atoms with Crippen LogP contribution in [0.2, 0.25) is 0 Å². The molecule has 0 bridgehead atoms. The highest BCUT2D eigenvalue weighted by atomic mass is 16.6. The zero-order valence-electron chi connectivity index (χ0n) is 11.2. The van der Waals surface area contributed by atoms with Gasteiger partial charge in [-0.15, -0.1) is 0 Å². The first-order valence-corrected chi connectivity index (χ1v) is 5.94. The molecule has 20 heavy (non-hydrogen) atoms. The van der Waals surface area contributed by atoms with E-state index in [2.05, 4.69) is 16.0 Å². The summed E-state index contributed by atoms with van der Waals surface area (Å²) < 4.78 is 0. The molecule has 0 aliphatic carbocycles. The van der Waals surface area contributed by atoms with Gasteiger partial charge in [-0.3, -0.25) is 20.2 Å². The molecule has 0 saturated carbocycles. The van der Waals surface area contributed by atoms with E-state index in [1.54, 1.807) is 25.1 Å². The Morgan fingerprint density at radius 3 is 2.60 bits per heavy atom. The third-order valence-electron chi connectivity index (χ3n) is 2.64. The Kier molecular flexibility index (Phi) is 5.60. The predicted octanol–water partition coefficient (Wildman–Crippen LogP) is 0.528. The van der Waals surface area contributed by atoms with Crippen molar-refractivity contribution < 1.29 is 14.5 Å². The Morgan fingerprint density at radius 1 is 1.35 bits per heavy atom. The van der Waals surface area contributed by atoms with Crippen LogP contribution in [0.25, 0.3) is 0 Å². The van der Waals surface area contributed by atoms with Gasteiger partial charge in [-0.1, -0.05) is 18.2 Å². The smallest absolute Gasteiger partial charge is 0.321 e. The Labute approximate surface area is 115 Å². The van der Waals surface area contributed by atoms with Gasteiger partial charge in [0.1, 0.15) is 0 Å². The number of rotatable bonds is 5. The van der Waals surface area contributed by atoms with Gasteiger partial charge in [-0.05, 0) is 6.92 Å². The average Bonchev–Trinajstić information content (AvgIpc) is 2.44. The molecule has 1 aromatic rings. The summed E-state index contributed by atoms with van der Waals surface area (Å²) in [6, 6.07) is 4.99. The van der Waals surface area contributed by atoms with Crippen molar-refractivity contribution in [2.24, 2.45) is 0 Å². The van der Waals surface area contributed by atoms with E-state index in [-0.39, 0.29) is 12.2 Å². The standard InChI is InChI=1S/C12H16N4O4/c1-8(11(17)15-12(18)13-2)14-7-9-5-3-4-6-10(9)16(19)20/h3-6,8,14H,7H2,1-2H3,(H2,13,15,17,18). The molecule has 0 spiro atoms. The molecule has 3 N–H and O–H groups in total. The van der Waals surface area contributed by atoms with E-state index in [9.17, 15) is 19.7 Å². The maximum Gasteiger partial charge on any atom is 0.321 e. The highest BCUT2D eigenvalue weighted by Crippen LogP contribution is 2.17. The second kappa shape index (κ2) is 7.19. The zero-order chi connectivity index (χ0) is 15.1. The Bertz CT molecular complexity index is 518. The summed E-state index contributed by atoms with van der Waals surface area (Å²) in [5.41, 5.74) is 0.455. The lowest BCUT2D eigenvalue weighted by Gasteiger charge is -2.13. The summed E-state index contributed by atoms with van der Waals surface area (Å²) in [6.07, 6.45) is 0. The number of carbonyl (C=O) groups excluding carboxylic acids is 2. The number of para-hydroxylation sites is 1. The van der Waals surface area contributed by atoms with Crippen molar-refractivity contribution in [3.8, 4) is 0 Å². The topological polar surface area (TPSA) is 113 Å². The summed E-state index contributed by atoms with van der Waals surface area (Å²) in [6.45, 7) is 1.71. The van der Waals surface area contributed by atoms with E-state index >= 15 is 0 Å². The summed E-state index contributed by atoms with van der Waals surface area (Å²) in [5, 5.41) is 18.0. The van der Waals surface area contributed by atoms with Crippen LogP contribution in [-0.4, -0.2) is 30.0 Å². The molecule has 0 aliphatic heterocycles. The van der Waals surface area contributed by atoms with Gasteiger partial charge in [0, 0.05) is 25.2 Å². The maximum atomic E-state index is 11.6. The number of carbonyl (C=O) groups is 2. The molecule has 0 aliphatic rings. The SMILES string of the molecule is CNC(=O)NC(=O)C(C)NCc1ccccc1[N+](=O)[O-]. The molecule has 1 unspecified atom stereocenters. The number of amides is 3. The van der Waals surface area contributed by atoms with Crippen molar-refractivity contribution in [1.29, 1.82) is 0 Å². The molecule has 108 valence electrons. The third-order valence-corrected chi connectivity index (χ3v) is 2.64. The van der Waals surface area contributed by atoms with Gasteiger partial charge in [0.25, 0.3) is 5.69 Å². The number of urea groups is 1. The highest BCUT2D eigenvalue weighted by Gasteiger charge is 2.17. The van der Waals surface area contributed by atoms with E-state index in [4.69, 9.17) is 0 Å². The van der Waals surface area contributed by atoms with Crippen molar-refractivity contribution in [3.05, 3.63) is 39.9 Å². The first-order chi connectivity index (χ1) is 9.45. The van der Waals surface area contributed by atoms with Crippen LogP contribution in [0, 0.1) is 10.1 Å². The van der Waals surface area contributed by atoms with E-state index < -0.39 is 22.9 Å². The van der Waals surface area contributed by atoms with Crippen molar-refractivity contribution in [1.82, 2.24) is 16.0 Å². The van der Waals surface area contributed by atoms with E-state index in [1.807, 2.05) is 0 Å². The zero-order valence-corrected chi connectivity index (χ0v) is 11.2. The van der Waals surface area contributed by atoms with Gasteiger partial charge in [-0.2, -0.15) is 0 Å². The van der Waals surface area contributed by atoms with Crippen molar-refractivity contribution in [3.63, 3.8) is 0 Å². The summed E-state index contributed by atoms with van der Waals surface area (Å²) >= 11 is 0. The first-order valence-electron chi connectivity index (χ1n) is 5.94. The molecule has 0 heterocycles. The van der Waals surface area contributed by atoms with Crippen LogP contribution >= 0.6 is 0 Å². The van der Waals surface area contributed by atoms with Crippen molar-refractivity contribution in [2.45, 2.75) is 19.5 Å². The summed E-state index contributed by atoms with van der Waals surface area (Å²) in [5.74, 6) is -0.511. The molecule has 3 amide bonds. The number of benzene rings is 1. The van der Waals surface area contributed by atoms with E-state index in [1.165, 1.54) is 13.1 Å². The largest absolute Gasteiger partial charge is 0.341 e. The second-order valence-electron chi connectivity index (χ2n) is 4.06. The number of nitro benzene ring substituents is 1. The average molecular weight is 280 g/mol. The van der Waals surface area contributed by atoms with Gasteiger partial charge >= 0.3 is 6.03 Å². The minimum atomic E-state index is -0.660. The van der Waals surface area contributed by atoms with Crippen LogP contribution in [0.5, 0.6) is 0 Å². The molecule has 1 rings (SSSR count). The number of imide groups is 1. The van der Waals surface area contributed by atoms with Gasteiger partial charge < -0.3 is 10.6 Å². The third kappa shape index (κ3) is 4.32. The Hall–Kier alpha value is -2.48. The number of hydrogen-bond donors (Lipinski definition) is 3. The van der Waals surface area contributed by atoms with Crippen LogP contribution in [0.3, 0.4) is 0 Å². The predicted molar refractivity (Wildman–Crippen MR) is 72.0 cm³/mol. The van der Waals surface area contributed by atoms with Crippen LogP contribution < -0.4 is 16.0 Å². The lowest BCUT2D eigenvalue weighted by Crippen LogP contribution is -2.47. The fraction of sp³-hybridized carbons (Fsp3) is 0.333. The lowest BCUT2D eigenvalue weighted by atomic mass is 10.1.